The van der Waals surface area contributed by atoms with Crippen LogP contribution in [0.25, 0.3) is 0 Å². The highest BCUT2D eigenvalue weighted by molar-refractivity contribution is 5.93. The minimum Gasteiger partial charge on any atom is -0.491 e. The molecule has 7 nitrogen and oxygen atoms in total. The van der Waals surface area contributed by atoms with Gasteiger partial charge >= 0.3 is 0 Å². The average molecular weight is 320 g/mol. The molecule has 2 atom stereocenters. The van der Waals surface area contributed by atoms with Gasteiger partial charge in [-0.2, -0.15) is 0 Å². The molecule has 2 aliphatic heterocycles. The normalized spacial score (nSPS) is 23.7. The minimum absolute atomic E-state index is 0.0642. The van der Waals surface area contributed by atoms with Crippen molar-refractivity contribution in [3.8, 4) is 5.75 Å². The quantitative estimate of drug-likeness (QED) is 0.626. The number of nitrogens with zero attached hydrogens (tertiary/aromatic N) is 1. The summed E-state index contributed by atoms with van der Waals surface area (Å²) in [7, 11) is 0. The molecule has 0 aromatic heterocycles. The highest BCUT2D eigenvalue weighted by atomic mass is 16.5. The van der Waals surface area contributed by atoms with Gasteiger partial charge in [-0.1, -0.05) is 6.07 Å². The lowest BCUT2D eigenvalue weighted by Gasteiger charge is -2.28. The summed E-state index contributed by atoms with van der Waals surface area (Å²) < 4.78 is 11.1. The first-order chi connectivity index (χ1) is 11.1. The van der Waals surface area contributed by atoms with Crippen LogP contribution in [-0.2, 0) is 16.1 Å². The predicted octanol–water partition coefficient (Wildman–Crippen LogP) is 0.952. The third-order valence-electron chi connectivity index (χ3n) is 4.35. The van der Waals surface area contributed by atoms with Crippen molar-refractivity contribution in [3.05, 3.63) is 29.3 Å². The maximum absolute atomic E-state index is 12.7. The SMILES string of the molecule is CC1COc2cc(C(=O)NO)ccc2CN1C(=O)[C@H]1CCOC1. The summed E-state index contributed by atoms with van der Waals surface area (Å²) in [5.41, 5.74) is 2.76. The minimum atomic E-state index is -0.593. The van der Waals surface area contributed by atoms with Crippen LogP contribution in [0.2, 0.25) is 0 Å². The Bertz CT molecular complexity index is 612. The summed E-state index contributed by atoms with van der Waals surface area (Å²) in [6.07, 6.45) is 0.755. The monoisotopic (exact) mass is 320 g/mol. The van der Waals surface area contributed by atoms with Crippen LogP contribution in [0.3, 0.4) is 0 Å². The number of rotatable bonds is 2. The zero-order chi connectivity index (χ0) is 16.4. The fraction of sp³-hybridized carbons (Fsp3) is 0.500. The van der Waals surface area contributed by atoms with E-state index in [0.29, 0.717) is 37.7 Å². The Morgan fingerprint density at radius 2 is 2.17 bits per heavy atom. The van der Waals surface area contributed by atoms with Gasteiger partial charge in [0.2, 0.25) is 5.91 Å². The summed E-state index contributed by atoms with van der Waals surface area (Å²) in [4.78, 5) is 26.0. The lowest BCUT2D eigenvalue weighted by molar-refractivity contribution is -0.138. The number of hydroxylamine groups is 1. The molecular formula is C16H20N2O5. The summed E-state index contributed by atoms with van der Waals surface area (Å²) in [5.74, 6) is -0.0253. The molecule has 1 unspecified atom stereocenters. The Morgan fingerprint density at radius 1 is 1.35 bits per heavy atom. The van der Waals surface area contributed by atoms with E-state index in [9.17, 15) is 9.59 Å². The van der Waals surface area contributed by atoms with Crippen molar-refractivity contribution in [3.63, 3.8) is 0 Å². The van der Waals surface area contributed by atoms with E-state index in [1.807, 2.05) is 11.8 Å². The van der Waals surface area contributed by atoms with Crippen LogP contribution in [0.1, 0.15) is 29.3 Å². The molecule has 1 saturated heterocycles. The average Bonchev–Trinajstić information content (AvgIpc) is 3.05. The first-order valence-corrected chi connectivity index (χ1v) is 7.68. The molecule has 2 heterocycles. The highest BCUT2D eigenvalue weighted by Crippen LogP contribution is 2.28. The number of nitrogens with one attached hydrogen (secondary N) is 1. The van der Waals surface area contributed by atoms with Crippen molar-refractivity contribution in [1.82, 2.24) is 10.4 Å². The van der Waals surface area contributed by atoms with Gasteiger partial charge in [-0.3, -0.25) is 14.8 Å². The maximum Gasteiger partial charge on any atom is 0.274 e. The van der Waals surface area contributed by atoms with Crippen molar-refractivity contribution in [2.24, 2.45) is 5.92 Å². The van der Waals surface area contributed by atoms with Crippen LogP contribution in [0.5, 0.6) is 5.75 Å². The lowest BCUT2D eigenvalue weighted by Crippen LogP contribution is -2.43. The summed E-state index contributed by atoms with van der Waals surface area (Å²) >= 11 is 0. The van der Waals surface area contributed by atoms with Gasteiger partial charge in [0, 0.05) is 24.3 Å². The fourth-order valence-corrected chi connectivity index (χ4v) is 2.92. The van der Waals surface area contributed by atoms with Gasteiger partial charge in [0.05, 0.1) is 18.6 Å². The molecule has 7 heteroatoms. The van der Waals surface area contributed by atoms with E-state index in [0.717, 1.165) is 12.0 Å². The van der Waals surface area contributed by atoms with E-state index in [-0.39, 0.29) is 17.9 Å². The molecule has 1 fully saturated rings. The second-order valence-corrected chi connectivity index (χ2v) is 5.95. The molecule has 2 aliphatic rings. The number of fused-ring (bicyclic) bond motifs is 1. The molecule has 23 heavy (non-hydrogen) atoms. The molecule has 2 amide bonds. The molecule has 0 radical (unpaired) electrons. The van der Waals surface area contributed by atoms with E-state index in [1.54, 1.807) is 23.7 Å². The number of ether oxygens (including phenoxy) is 2. The number of amides is 2. The zero-order valence-electron chi connectivity index (χ0n) is 12.9. The molecule has 1 aromatic carbocycles. The van der Waals surface area contributed by atoms with Crippen molar-refractivity contribution < 1.29 is 24.3 Å². The smallest absolute Gasteiger partial charge is 0.274 e. The van der Waals surface area contributed by atoms with Crippen LogP contribution in [0, 0.1) is 5.92 Å². The van der Waals surface area contributed by atoms with E-state index < -0.39 is 5.91 Å². The number of carbonyl (C=O) groups excluding carboxylic acids is 2. The van der Waals surface area contributed by atoms with E-state index in [2.05, 4.69) is 0 Å². The lowest BCUT2D eigenvalue weighted by atomic mass is 10.0. The molecule has 2 N–H and O–H groups in total. The van der Waals surface area contributed by atoms with Crippen LogP contribution in [0.15, 0.2) is 18.2 Å². The van der Waals surface area contributed by atoms with Gasteiger partial charge in [-0.25, -0.2) is 5.48 Å². The van der Waals surface area contributed by atoms with Crippen LogP contribution >= 0.6 is 0 Å². The van der Waals surface area contributed by atoms with Crippen molar-refractivity contribution in [2.75, 3.05) is 19.8 Å². The Labute approximate surface area is 134 Å². The third-order valence-corrected chi connectivity index (χ3v) is 4.35. The summed E-state index contributed by atoms with van der Waals surface area (Å²) in [6, 6.07) is 4.87. The van der Waals surface area contributed by atoms with Crippen LogP contribution in [-0.4, -0.2) is 47.8 Å². The van der Waals surface area contributed by atoms with E-state index in [1.165, 1.54) is 0 Å². The van der Waals surface area contributed by atoms with E-state index in [4.69, 9.17) is 14.7 Å². The predicted molar refractivity (Wildman–Crippen MR) is 80.1 cm³/mol. The highest BCUT2D eigenvalue weighted by Gasteiger charge is 2.32. The van der Waals surface area contributed by atoms with Crippen molar-refractivity contribution in [1.29, 1.82) is 0 Å². The van der Waals surface area contributed by atoms with Gasteiger partial charge in [0.1, 0.15) is 12.4 Å². The molecular weight excluding hydrogens is 300 g/mol. The van der Waals surface area contributed by atoms with Gasteiger partial charge in [-0.05, 0) is 25.5 Å². The van der Waals surface area contributed by atoms with Crippen LogP contribution < -0.4 is 10.2 Å². The van der Waals surface area contributed by atoms with Gasteiger partial charge < -0.3 is 14.4 Å². The largest absolute Gasteiger partial charge is 0.491 e. The van der Waals surface area contributed by atoms with Crippen molar-refractivity contribution >= 4 is 11.8 Å². The second kappa shape index (κ2) is 6.55. The van der Waals surface area contributed by atoms with Gasteiger partial charge in [-0.15, -0.1) is 0 Å². The number of benzene rings is 1. The summed E-state index contributed by atoms with van der Waals surface area (Å²) in [6.45, 7) is 3.85. The Balaban J connectivity index is 1.83. The fourth-order valence-electron chi connectivity index (χ4n) is 2.92. The van der Waals surface area contributed by atoms with Crippen LogP contribution in [0.4, 0.5) is 0 Å². The first-order valence-electron chi connectivity index (χ1n) is 7.68. The molecule has 1 aromatic rings. The number of hydrogen-bond acceptors (Lipinski definition) is 5. The third kappa shape index (κ3) is 3.16. The maximum atomic E-state index is 12.7. The van der Waals surface area contributed by atoms with E-state index >= 15 is 0 Å². The first kappa shape index (κ1) is 15.8. The number of carbonyl (C=O) groups is 2. The van der Waals surface area contributed by atoms with Gasteiger partial charge in [0.15, 0.2) is 0 Å². The standard InChI is InChI=1S/C16H20N2O5/c1-10-8-23-14-6-11(15(19)17-21)2-3-12(14)7-18(10)16(20)13-4-5-22-9-13/h2-3,6,10,13,21H,4-5,7-9H2,1H3,(H,17,19)/t10?,13-/m0/s1. The molecule has 0 aliphatic carbocycles. The molecule has 3 rings (SSSR count). The van der Waals surface area contributed by atoms with Gasteiger partial charge in [0.25, 0.3) is 5.91 Å². The molecule has 0 saturated carbocycles. The topological polar surface area (TPSA) is 88.1 Å². The number of hydrogen-bond donors (Lipinski definition) is 2. The summed E-state index contributed by atoms with van der Waals surface area (Å²) in [5, 5.41) is 8.72. The van der Waals surface area contributed by atoms with Crippen molar-refractivity contribution in [2.45, 2.75) is 25.9 Å². The Morgan fingerprint density at radius 3 is 2.87 bits per heavy atom. The zero-order valence-corrected chi connectivity index (χ0v) is 12.9. The molecule has 124 valence electrons. The Kier molecular flexibility index (Phi) is 4.49. The second-order valence-electron chi connectivity index (χ2n) is 5.95. The molecule has 0 spiro atoms. The Hall–Kier alpha value is -2.12. The molecule has 0 bridgehead atoms.